The summed E-state index contributed by atoms with van der Waals surface area (Å²) < 4.78 is 0. The van der Waals surface area contributed by atoms with Gasteiger partial charge in [0.2, 0.25) is 5.91 Å². The highest BCUT2D eigenvalue weighted by Crippen LogP contribution is 2.57. The van der Waals surface area contributed by atoms with Gasteiger partial charge >= 0.3 is 0 Å². The van der Waals surface area contributed by atoms with E-state index >= 15 is 0 Å². The molecule has 2 fully saturated rings. The van der Waals surface area contributed by atoms with Gasteiger partial charge in [-0.25, -0.2) is 0 Å². The monoisotopic (exact) mass is 467 g/mol. The highest BCUT2D eigenvalue weighted by molar-refractivity contribution is 6.09. The summed E-state index contributed by atoms with van der Waals surface area (Å²) in [5.41, 5.74) is -1.34. The zero-order valence-electron chi connectivity index (χ0n) is 20.3. The van der Waals surface area contributed by atoms with Crippen LogP contribution in [0.25, 0.3) is 0 Å². The van der Waals surface area contributed by atoms with E-state index in [9.17, 15) is 24.9 Å². The van der Waals surface area contributed by atoms with Gasteiger partial charge in [0.05, 0.1) is 17.8 Å². The van der Waals surface area contributed by atoms with Gasteiger partial charge in [0.25, 0.3) is 0 Å². The Morgan fingerprint density at radius 2 is 1.82 bits per heavy atom. The van der Waals surface area contributed by atoms with Gasteiger partial charge in [-0.1, -0.05) is 62.9 Å². The van der Waals surface area contributed by atoms with Crippen molar-refractivity contribution >= 4 is 11.7 Å². The summed E-state index contributed by atoms with van der Waals surface area (Å²) in [5.74, 6) is -2.30. The number of hydrogen-bond donors (Lipinski definition) is 4. The molecule has 1 amide bonds. The molecular formula is C28H37NO5. The molecule has 4 N–H and O–H groups in total. The Hall–Kier alpha value is -2.28. The molecule has 1 saturated carbocycles. The third-order valence-corrected chi connectivity index (χ3v) is 8.52. The van der Waals surface area contributed by atoms with E-state index in [1.807, 2.05) is 50.3 Å². The summed E-state index contributed by atoms with van der Waals surface area (Å²) in [7, 11) is 0. The molecule has 1 heterocycles. The Morgan fingerprint density at radius 1 is 1.15 bits per heavy atom. The molecule has 3 aliphatic rings. The smallest absolute Gasteiger partial charge is 0.235 e. The van der Waals surface area contributed by atoms with Crippen LogP contribution < -0.4 is 5.32 Å². The normalized spacial score (nSPS) is 43.9. The van der Waals surface area contributed by atoms with Crippen LogP contribution >= 0.6 is 0 Å². The van der Waals surface area contributed by atoms with Crippen molar-refractivity contribution in [1.29, 1.82) is 0 Å². The number of nitrogens with one attached hydrogen (secondary N) is 1. The van der Waals surface area contributed by atoms with Crippen molar-refractivity contribution in [2.45, 2.75) is 70.3 Å². The van der Waals surface area contributed by atoms with E-state index in [-0.39, 0.29) is 24.3 Å². The number of rotatable bonds is 2. The number of aliphatic hydroxyl groups excluding tert-OH is 2. The average molecular weight is 468 g/mol. The zero-order chi connectivity index (χ0) is 24.8. The highest BCUT2D eigenvalue weighted by Gasteiger charge is 2.68. The summed E-state index contributed by atoms with van der Waals surface area (Å²) in [4.78, 5) is 27.9. The number of Topliss-reactive ketones (excluding diaryl/α,β-unsaturated/α-hetero) is 1. The second-order valence-electron chi connectivity index (χ2n) is 11.0. The quantitative estimate of drug-likeness (QED) is 0.395. The van der Waals surface area contributed by atoms with Gasteiger partial charge in [0.15, 0.2) is 5.78 Å². The van der Waals surface area contributed by atoms with Gasteiger partial charge in [0.1, 0.15) is 5.41 Å². The Bertz CT molecular complexity index is 986. The summed E-state index contributed by atoms with van der Waals surface area (Å²) >= 11 is 0. The first-order valence-electron chi connectivity index (χ1n) is 12.3. The average Bonchev–Trinajstić information content (AvgIpc) is 3.06. The van der Waals surface area contributed by atoms with E-state index in [0.717, 1.165) is 5.56 Å². The Labute approximate surface area is 201 Å². The second-order valence-corrected chi connectivity index (χ2v) is 11.0. The van der Waals surface area contributed by atoms with Gasteiger partial charge in [-0.15, -0.1) is 0 Å². The van der Waals surface area contributed by atoms with Crippen LogP contribution in [0.3, 0.4) is 0 Å². The van der Waals surface area contributed by atoms with Crippen LogP contribution in [-0.4, -0.2) is 50.9 Å². The maximum absolute atomic E-state index is 14.1. The summed E-state index contributed by atoms with van der Waals surface area (Å²) in [6.07, 6.45) is 2.46. The Morgan fingerprint density at radius 3 is 2.50 bits per heavy atom. The topological polar surface area (TPSA) is 107 Å². The molecule has 1 aliphatic heterocycles. The van der Waals surface area contributed by atoms with Crippen LogP contribution in [0, 0.1) is 29.1 Å². The summed E-state index contributed by atoms with van der Waals surface area (Å²) in [5, 5.41) is 36.2. The minimum atomic E-state index is -1.54. The standard InChI is InChI=1S/C28H37NO5/c1-16-9-8-12-20-25(32)18(3)17(2)24-21(13-19-10-6-5-7-11-19)29-26(33)28(20,24)23(31)14-22(30)27(4,34)15-16/h5-8,10-12,16-17,20-22,24-25,30,32,34H,3,9,13-15H2,1-2,4H3,(H,29,33)/b12-8+/t16?,17-,20+,21+,22?,24+,25-,27-,28+/m1/s1. The van der Waals surface area contributed by atoms with E-state index in [0.29, 0.717) is 24.8 Å². The predicted octanol–water partition coefficient (Wildman–Crippen LogP) is 2.57. The van der Waals surface area contributed by atoms with Crippen molar-refractivity contribution in [3.05, 3.63) is 60.2 Å². The first kappa shape index (κ1) is 24.8. The number of hydrogen-bond acceptors (Lipinski definition) is 5. The first-order chi connectivity index (χ1) is 16.0. The molecule has 9 atom stereocenters. The predicted molar refractivity (Wildman–Crippen MR) is 130 cm³/mol. The number of aliphatic hydroxyl groups is 3. The fourth-order valence-electron chi connectivity index (χ4n) is 6.69. The van der Waals surface area contributed by atoms with Crippen molar-refractivity contribution in [2.24, 2.45) is 29.1 Å². The molecule has 2 aliphatic carbocycles. The Balaban J connectivity index is 1.84. The molecule has 1 aromatic carbocycles. The van der Waals surface area contributed by atoms with Gasteiger partial charge in [0, 0.05) is 24.3 Å². The lowest BCUT2D eigenvalue weighted by molar-refractivity contribution is -0.156. The number of allylic oxidation sites excluding steroid dienone is 1. The molecule has 6 heteroatoms. The molecule has 34 heavy (non-hydrogen) atoms. The highest BCUT2D eigenvalue weighted by atomic mass is 16.3. The molecular weight excluding hydrogens is 430 g/mol. The molecule has 0 aromatic heterocycles. The molecule has 1 spiro atoms. The summed E-state index contributed by atoms with van der Waals surface area (Å²) in [6.45, 7) is 9.60. The third-order valence-electron chi connectivity index (χ3n) is 8.52. The summed E-state index contributed by atoms with van der Waals surface area (Å²) in [6, 6.07) is 9.48. The van der Waals surface area contributed by atoms with Crippen LogP contribution in [0.1, 0.15) is 45.6 Å². The maximum atomic E-state index is 14.1. The van der Waals surface area contributed by atoms with Crippen molar-refractivity contribution in [2.75, 3.05) is 0 Å². The minimum Gasteiger partial charge on any atom is -0.390 e. The number of ketones is 1. The Kier molecular flexibility index (Phi) is 6.62. The minimum absolute atomic E-state index is 0.0481. The van der Waals surface area contributed by atoms with E-state index < -0.39 is 46.8 Å². The maximum Gasteiger partial charge on any atom is 0.235 e. The molecule has 1 aromatic rings. The largest absolute Gasteiger partial charge is 0.390 e. The zero-order valence-corrected chi connectivity index (χ0v) is 20.3. The fourth-order valence-corrected chi connectivity index (χ4v) is 6.69. The molecule has 184 valence electrons. The van der Waals surface area contributed by atoms with E-state index in [2.05, 4.69) is 11.9 Å². The number of amides is 1. The van der Waals surface area contributed by atoms with E-state index in [1.54, 1.807) is 13.0 Å². The number of benzene rings is 1. The fraction of sp³-hybridized carbons (Fsp3) is 0.571. The number of carbonyl (C=O) groups excluding carboxylic acids is 2. The van der Waals surface area contributed by atoms with E-state index in [4.69, 9.17) is 0 Å². The van der Waals surface area contributed by atoms with Gasteiger partial charge < -0.3 is 20.6 Å². The molecule has 0 bridgehead atoms. The molecule has 4 rings (SSSR count). The van der Waals surface area contributed by atoms with Crippen LogP contribution in [0.2, 0.25) is 0 Å². The van der Waals surface area contributed by atoms with Gasteiger partial charge in [-0.2, -0.15) is 0 Å². The molecule has 2 unspecified atom stereocenters. The van der Waals surface area contributed by atoms with Crippen LogP contribution in [-0.2, 0) is 16.0 Å². The third kappa shape index (κ3) is 3.96. The lowest BCUT2D eigenvalue weighted by Crippen LogP contribution is -2.59. The second kappa shape index (κ2) is 9.06. The molecule has 1 saturated heterocycles. The van der Waals surface area contributed by atoms with Crippen molar-refractivity contribution in [3.8, 4) is 0 Å². The molecule has 0 radical (unpaired) electrons. The SMILES string of the molecule is C=C1[C@@H](C)[C@H]2[C@H](Cc3ccccc3)NC(=O)[C@@]23C(=O)CC(O)[C@](C)(O)CC(C)C/C=C/[C@H]3[C@@H]1O. The lowest BCUT2D eigenvalue weighted by atomic mass is 9.51. The van der Waals surface area contributed by atoms with Crippen molar-refractivity contribution in [1.82, 2.24) is 5.32 Å². The number of carbonyl (C=O) groups is 2. The van der Waals surface area contributed by atoms with Gasteiger partial charge in [-0.3, -0.25) is 9.59 Å². The lowest BCUT2D eigenvalue weighted by Gasteiger charge is -2.49. The van der Waals surface area contributed by atoms with Crippen molar-refractivity contribution < 1.29 is 24.9 Å². The first-order valence-corrected chi connectivity index (χ1v) is 12.3. The van der Waals surface area contributed by atoms with E-state index in [1.165, 1.54) is 0 Å². The van der Waals surface area contributed by atoms with Crippen LogP contribution in [0.15, 0.2) is 54.6 Å². The van der Waals surface area contributed by atoms with Crippen LogP contribution in [0.4, 0.5) is 0 Å². The van der Waals surface area contributed by atoms with Gasteiger partial charge in [-0.05, 0) is 49.2 Å². The van der Waals surface area contributed by atoms with Crippen molar-refractivity contribution in [3.63, 3.8) is 0 Å². The van der Waals surface area contributed by atoms with Crippen LogP contribution in [0.5, 0.6) is 0 Å². The molecule has 6 nitrogen and oxygen atoms in total.